The van der Waals surface area contributed by atoms with Crippen molar-refractivity contribution >= 4 is 27.9 Å². The number of hydrogen-bond donors (Lipinski definition) is 0. The second kappa shape index (κ2) is 6.49. The van der Waals surface area contributed by atoms with Gasteiger partial charge in [0.15, 0.2) is 18.5 Å². The van der Waals surface area contributed by atoms with Gasteiger partial charge >= 0.3 is 11.9 Å². The van der Waals surface area contributed by atoms with Crippen LogP contribution in [-0.4, -0.2) is 48.5 Å². The van der Waals surface area contributed by atoms with Crippen molar-refractivity contribution in [3.05, 3.63) is 0 Å². The van der Waals surface area contributed by atoms with Crippen molar-refractivity contribution in [2.24, 2.45) is 0 Å². The summed E-state index contributed by atoms with van der Waals surface area (Å²) in [6.07, 6.45) is -2.32. The third-order valence-electron chi connectivity index (χ3n) is 2.55. The van der Waals surface area contributed by atoms with Crippen molar-refractivity contribution in [1.82, 2.24) is 0 Å². The fourth-order valence-electron chi connectivity index (χ4n) is 1.83. The molecule has 0 amide bonds. The summed E-state index contributed by atoms with van der Waals surface area (Å²) in [7, 11) is 1.49. The fraction of sp³-hybridized carbons (Fsp3) is 0.818. The van der Waals surface area contributed by atoms with Gasteiger partial charge in [0, 0.05) is 21.0 Å². The molecule has 1 aliphatic heterocycles. The van der Waals surface area contributed by atoms with Gasteiger partial charge < -0.3 is 18.9 Å². The van der Waals surface area contributed by atoms with Gasteiger partial charge in [0.05, 0.1) is 6.10 Å². The van der Waals surface area contributed by atoms with Crippen LogP contribution in [-0.2, 0) is 28.5 Å². The van der Waals surface area contributed by atoms with Crippen LogP contribution in [0, 0.1) is 0 Å². The van der Waals surface area contributed by atoms with Gasteiger partial charge in [0.2, 0.25) is 0 Å². The highest BCUT2D eigenvalue weighted by molar-refractivity contribution is 9.09. The number of carbonyl (C=O) groups is 2. The van der Waals surface area contributed by atoms with Gasteiger partial charge in [0.25, 0.3) is 0 Å². The van der Waals surface area contributed by atoms with Crippen LogP contribution in [0.25, 0.3) is 0 Å². The Bertz CT molecular complexity index is 321. The molecule has 6 nitrogen and oxygen atoms in total. The van der Waals surface area contributed by atoms with Gasteiger partial charge in [-0.15, -0.1) is 0 Å². The normalized spacial score (nSPS) is 35.9. The first kappa shape index (κ1) is 15.4. The zero-order chi connectivity index (χ0) is 13.9. The largest absolute Gasteiger partial charge is 0.457 e. The molecular formula is C11H17BrO6. The average molecular weight is 325 g/mol. The zero-order valence-corrected chi connectivity index (χ0v) is 12.3. The van der Waals surface area contributed by atoms with Crippen LogP contribution < -0.4 is 0 Å². The first-order valence-electron chi connectivity index (χ1n) is 5.53. The number of esters is 2. The topological polar surface area (TPSA) is 71.1 Å². The van der Waals surface area contributed by atoms with E-state index in [2.05, 4.69) is 15.9 Å². The Morgan fingerprint density at radius 2 is 1.61 bits per heavy atom. The molecule has 0 unspecified atom stereocenters. The Morgan fingerprint density at radius 3 is 2.06 bits per heavy atom. The first-order valence-corrected chi connectivity index (χ1v) is 6.45. The Labute approximate surface area is 114 Å². The summed E-state index contributed by atoms with van der Waals surface area (Å²) in [6, 6.07) is 0. The van der Waals surface area contributed by atoms with E-state index in [4.69, 9.17) is 18.9 Å². The quantitative estimate of drug-likeness (QED) is 0.570. The van der Waals surface area contributed by atoms with E-state index in [1.807, 2.05) is 0 Å². The van der Waals surface area contributed by atoms with Crippen LogP contribution >= 0.6 is 15.9 Å². The molecule has 1 fully saturated rings. The van der Waals surface area contributed by atoms with E-state index < -0.39 is 41.4 Å². The molecule has 1 saturated heterocycles. The fourth-order valence-corrected chi connectivity index (χ4v) is 2.58. The summed E-state index contributed by atoms with van der Waals surface area (Å²) in [4.78, 5) is 21.8. The Hall–Kier alpha value is -0.660. The summed E-state index contributed by atoms with van der Waals surface area (Å²) in [5.74, 6) is -0.909. The Morgan fingerprint density at radius 1 is 1.11 bits per heavy atom. The van der Waals surface area contributed by atoms with Crippen LogP contribution in [0.15, 0.2) is 0 Å². The number of carbonyl (C=O) groups excluding carboxylic acids is 2. The SMILES string of the molecule is CO[C@H]1O[C@@H](C)[C@H](OC(C)=O)[C@@H](OC(C)=O)[C@@H]1Br. The van der Waals surface area contributed by atoms with E-state index in [0.717, 1.165) is 0 Å². The predicted molar refractivity (Wildman–Crippen MR) is 65.2 cm³/mol. The van der Waals surface area contributed by atoms with E-state index >= 15 is 0 Å². The molecule has 5 atom stereocenters. The molecule has 1 heterocycles. The van der Waals surface area contributed by atoms with E-state index in [1.165, 1.54) is 21.0 Å². The molecule has 1 aliphatic rings. The molecule has 0 spiro atoms. The van der Waals surface area contributed by atoms with Gasteiger partial charge in [-0.1, -0.05) is 15.9 Å². The second-order valence-corrected chi connectivity index (χ2v) is 5.10. The molecule has 1 rings (SSSR count). The van der Waals surface area contributed by atoms with E-state index in [0.29, 0.717) is 0 Å². The van der Waals surface area contributed by atoms with E-state index in [1.54, 1.807) is 6.92 Å². The maximum atomic E-state index is 11.1. The minimum atomic E-state index is -0.665. The van der Waals surface area contributed by atoms with Crippen LogP contribution in [0.4, 0.5) is 0 Å². The summed E-state index contributed by atoms with van der Waals surface area (Å²) >= 11 is 3.35. The highest BCUT2D eigenvalue weighted by Crippen LogP contribution is 2.30. The van der Waals surface area contributed by atoms with E-state index in [-0.39, 0.29) is 0 Å². The summed E-state index contributed by atoms with van der Waals surface area (Å²) in [5.41, 5.74) is 0. The number of halogens is 1. The number of alkyl halides is 1. The average Bonchev–Trinajstić information content (AvgIpc) is 2.27. The van der Waals surface area contributed by atoms with Crippen molar-refractivity contribution in [3.63, 3.8) is 0 Å². The molecule has 0 saturated carbocycles. The molecule has 0 N–H and O–H groups in total. The van der Waals surface area contributed by atoms with E-state index in [9.17, 15) is 9.59 Å². The monoisotopic (exact) mass is 324 g/mol. The minimum Gasteiger partial charge on any atom is -0.457 e. The standard InChI is InChI=1S/C11H17BrO6/c1-5-9(17-6(2)13)10(18-7(3)14)8(12)11(15-4)16-5/h5,8-11H,1-4H3/t5-,8-,9-,10-,11-/m0/s1. The molecular weight excluding hydrogens is 308 g/mol. The number of rotatable bonds is 3. The van der Waals surface area contributed by atoms with Crippen LogP contribution in [0.2, 0.25) is 0 Å². The molecule has 0 aromatic heterocycles. The highest BCUT2D eigenvalue weighted by Gasteiger charge is 2.47. The van der Waals surface area contributed by atoms with Crippen molar-refractivity contribution in [2.75, 3.05) is 7.11 Å². The van der Waals surface area contributed by atoms with Crippen molar-refractivity contribution in [1.29, 1.82) is 0 Å². The zero-order valence-electron chi connectivity index (χ0n) is 10.7. The first-order chi connectivity index (χ1) is 8.36. The van der Waals surface area contributed by atoms with Gasteiger partial charge in [-0.3, -0.25) is 9.59 Å². The van der Waals surface area contributed by atoms with Gasteiger partial charge in [-0.05, 0) is 6.92 Å². The van der Waals surface area contributed by atoms with Crippen LogP contribution in [0.3, 0.4) is 0 Å². The lowest BCUT2D eigenvalue weighted by Crippen LogP contribution is -2.57. The number of hydrogen-bond acceptors (Lipinski definition) is 6. The van der Waals surface area contributed by atoms with Crippen molar-refractivity contribution in [2.45, 2.75) is 50.2 Å². The second-order valence-electron chi connectivity index (χ2n) is 4.04. The van der Waals surface area contributed by atoms with Crippen LogP contribution in [0.1, 0.15) is 20.8 Å². The number of methoxy groups -OCH3 is 1. The Balaban J connectivity index is 2.89. The molecule has 18 heavy (non-hydrogen) atoms. The molecule has 0 radical (unpaired) electrons. The van der Waals surface area contributed by atoms with Crippen molar-refractivity contribution < 1.29 is 28.5 Å². The minimum absolute atomic E-state index is 0.410. The molecule has 0 aromatic carbocycles. The predicted octanol–water partition coefficient (Wildman–Crippen LogP) is 1.00. The lowest BCUT2D eigenvalue weighted by molar-refractivity contribution is -0.243. The lowest BCUT2D eigenvalue weighted by atomic mass is 10.0. The molecule has 7 heteroatoms. The molecule has 0 aromatic rings. The maximum Gasteiger partial charge on any atom is 0.303 e. The third-order valence-corrected chi connectivity index (χ3v) is 3.50. The summed E-state index contributed by atoms with van der Waals surface area (Å²) in [6.45, 7) is 4.32. The maximum absolute atomic E-state index is 11.1. The van der Waals surface area contributed by atoms with Gasteiger partial charge in [-0.25, -0.2) is 0 Å². The summed E-state index contributed by atoms with van der Waals surface area (Å²) < 4.78 is 21.0. The third kappa shape index (κ3) is 3.66. The number of ether oxygens (including phenoxy) is 4. The molecule has 104 valence electrons. The van der Waals surface area contributed by atoms with Gasteiger partial charge in [0.1, 0.15) is 4.83 Å². The highest BCUT2D eigenvalue weighted by atomic mass is 79.9. The van der Waals surface area contributed by atoms with Gasteiger partial charge in [-0.2, -0.15) is 0 Å². The lowest BCUT2D eigenvalue weighted by Gasteiger charge is -2.41. The Kier molecular flexibility index (Phi) is 5.55. The van der Waals surface area contributed by atoms with Crippen LogP contribution in [0.5, 0.6) is 0 Å². The summed E-state index contributed by atoms with van der Waals surface area (Å²) in [5, 5.41) is 0. The molecule has 0 bridgehead atoms. The molecule has 0 aliphatic carbocycles. The smallest absolute Gasteiger partial charge is 0.303 e. The van der Waals surface area contributed by atoms with Crippen molar-refractivity contribution in [3.8, 4) is 0 Å².